The Labute approximate surface area is 231 Å². The number of carbonyl (C=O) groups is 3. The zero-order chi connectivity index (χ0) is 23.8. The van der Waals surface area contributed by atoms with Crippen LogP contribution in [0.15, 0.2) is 45.3 Å². The van der Waals surface area contributed by atoms with Crippen molar-refractivity contribution in [2.45, 2.75) is 26.3 Å². The quantitative estimate of drug-likeness (QED) is 0.273. The van der Waals surface area contributed by atoms with Gasteiger partial charge in [0.2, 0.25) is 11.8 Å². The van der Waals surface area contributed by atoms with Crippen LogP contribution in [-0.2, 0) is 9.59 Å². The van der Waals surface area contributed by atoms with E-state index in [4.69, 9.17) is 4.42 Å². The van der Waals surface area contributed by atoms with Crippen molar-refractivity contribution < 1.29 is 28.3 Å². The van der Waals surface area contributed by atoms with Gasteiger partial charge in [-0.15, -0.1) is 10.2 Å². The maximum absolute atomic E-state index is 13.2. The van der Waals surface area contributed by atoms with Crippen molar-refractivity contribution in [2.24, 2.45) is 4.99 Å². The standard InChI is InChI=1S/C20H21FN6O5.K.H/c1-10-24-25-16(32-10)15(29)23-20(2,3)19-22-13(14(28)18(31)27(19)5)17(30)26(4)12-8-6-11(21)7-9-12;;/h6-9,30H,1-5H3,(H,23,29);;/b17-13-;;. The first kappa shape index (κ1) is 26.8. The maximum atomic E-state index is 13.2. The predicted molar refractivity (Wildman–Crippen MR) is 117 cm³/mol. The number of aliphatic hydroxyl groups is 1. The Hall–Kier alpha value is -2.45. The van der Waals surface area contributed by atoms with E-state index in [0.717, 1.165) is 4.90 Å². The normalized spacial score (nSPS) is 15.6. The van der Waals surface area contributed by atoms with Gasteiger partial charge in [0, 0.05) is 26.7 Å². The third-order valence-corrected chi connectivity index (χ3v) is 4.70. The summed E-state index contributed by atoms with van der Waals surface area (Å²) < 4.78 is 18.3. The Morgan fingerprint density at radius 1 is 1.21 bits per heavy atom. The van der Waals surface area contributed by atoms with E-state index in [-0.39, 0.29) is 69.0 Å². The average Bonchev–Trinajstić information content (AvgIpc) is 3.18. The number of nitrogens with one attached hydrogen (secondary N) is 1. The molecule has 1 aromatic heterocycles. The molecule has 2 heterocycles. The first-order valence-electron chi connectivity index (χ1n) is 9.39. The number of benzene rings is 1. The second-order valence-corrected chi connectivity index (χ2v) is 7.54. The van der Waals surface area contributed by atoms with Gasteiger partial charge in [-0.3, -0.25) is 19.3 Å². The summed E-state index contributed by atoms with van der Waals surface area (Å²) in [4.78, 5) is 44.0. The van der Waals surface area contributed by atoms with Gasteiger partial charge < -0.3 is 19.7 Å². The van der Waals surface area contributed by atoms with E-state index in [1.807, 2.05) is 0 Å². The molecule has 1 aliphatic heterocycles. The van der Waals surface area contributed by atoms with Gasteiger partial charge >= 0.3 is 69.1 Å². The number of likely N-dealkylation sites (N-methyl/N-ethyl adjacent to an activating group) is 1. The Morgan fingerprint density at radius 2 is 1.82 bits per heavy atom. The molecule has 2 amide bonds. The second-order valence-electron chi connectivity index (χ2n) is 7.54. The van der Waals surface area contributed by atoms with E-state index < -0.39 is 40.5 Å². The van der Waals surface area contributed by atoms with E-state index in [2.05, 4.69) is 20.5 Å². The first-order valence-corrected chi connectivity index (χ1v) is 9.39. The Kier molecular flexibility index (Phi) is 8.30. The fourth-order valence-electron chi connectivity index (χ4n) is 3.02. The molecule has 0 bridgehead atoms. The molecule has 170 valence electrons. The van der Waals surface area contributed by atoms with E-state index >= 15 is 0 Å². The summed E-state index contributed by atoms with van der Waals surface area (Å²) in [5.74, 6) is -3.91. The molecule has 0 aliphatic carbocycles. The van der Waals surface area contributed by atoms with Crippen molar-refractivity contribution >= 4 is 80.5 Å². The molecule has 11 nitrogen and oxygen atoms in total. The minimum absolute atomic E-state index is 0. The van der Waals surface area contributed by atoms with E-state index in [1.165, 1.54) is 50.2 Å². The Morgan fingerprint density at radius 3 is 2.36 bits per heavy atom. The van der Waals surface area contributed by atoms with Gasteiger partial charge in [-0.1, -0.05) is 0 Å². The molecule has 0 atom stereocenters. The molecular weight excluding hydrogens is 462 g/mol. The number of hydrogen-bond donors (Lipinski definition) is 2. The molecule has 2 aromatic rings. The third-order valence-electron chi connectivity index (χ3n) is 4.70. The van der Waals surface area contributed by atoms with E-state index in [0.29, 0.717) is 5.69 Å². The molecule has 2 N–H and O–H groups in total. The van der Waals surface area contributed by atoms with E-state index in [9.17, 15) is 23.9 Å². The number of nitrogens with zero attached hydrogens (tertiary/aromatic N) is 5. The number of aliphatic hydroxyl groups excluding tert-OH is 1. The minimum atomic E-state index is -1.29. The van der Waals surface area contributed by atoms with Crippen molar-refractivity contribution in [3.05, 3.63) is 53.4 Å². The number of amidine groups is 1. The number of carbonyl (C=O) groups excluding carboxylic acids is 3. The molecule has 1 aliphatic rings. The SMILES string of the molecule is Cc1nnc(C(=O)NC(C)(C)C2=N/C(=C(\O)N(C)c3ccc(F)cc3)C(=O)C(=O)N2C)o1.[KH]. The third kappa shape index (κ3) is 5.55. The van der Waals surface area contributed by atoms with Crippen molar-refractivity contribution in [2.75, 3.05) is 19.0 Å². The van der Waals surface area contributed by atoms with Crippen LogP contribution in [0.25, 0.3) is 0 Å². The van der Waals surface area contributed by atoms with Crippen LogP contribution in [0.4, 0.5) is 10.1 Å². The Bertz CT molecular complexity index is 1160. The van der Waals surface area contributed by atoms with Gasteiger partial charge in [0.25, 0.3) is 5.78 Å². The molecule has 1 aromatic carbocycles. The zero-order valence-corrected chi connectivity index (χ0v) is 18.0. The number of anilines is 1. The number of aryl methyl sites for hydroxylation is 1. The van der Waals surface area contributed by atoms with Crippen LogP contribution in [0.3, 0.4) is 0 Å². The van der Waals surface area contributed by atoms with Crippen LogP contribution >= 0.6 is 0 Å². The van der Waals surface area contributed by atoms with Crippen LogP contribution in [0.5, 0.6) is 0 Å². The first-order chi connectivity index (χ1) is 14.9. The molecule has 13 heteroatoms. The number of ketones is 1. The van der Waals surface area contributed by atoms with Crippen LogP contribution in [-0.4, -0.2) is 115 Å². The summed E-state index contributed by atoms with van der Waals surface area (Å²) in [5.41, 5.74) is -1.46. The molecule has 0 fully saturated rings. The molecule has 33 heavy (non-hydrogen) atoms. The number of amides is 2. The van der Waals surface area contributed by atoms with Crippen molar-refractivity contribution in [3.63, 3.8) is 0 Å². The van der Waals surface area contributed by atoms with Crippen molar-refractivity contribution in [3.8, 4) is 0 Å². The summed E-state index contributed by atoms with van der Waals surface area (Å²) in [6.45, 7) is 4.62. The number of aromatic nitrogens is 2. The molecule has 0 spiro atoms. The van der Waals surface area contributed by atoms with Gasteiger partial charge in [0.1, 0.15) is 11.7 Å². The fraction of sp³-hybridized carbons (Fsp3) is 0.300. The van der Waals surface area contributed by atoms with Gasteiger partial charge in [-0.05, 0) is 38.1 Å². The van der Waals surface area contributed by atoms with Crippen LogP contribution in [0, 0.1) is 12.7 Å². The number of Topliss-reactive ketones (excluding diaryl/α,β-unsaturated/α-hetero) is 1. The van der Waals surface area contributed by atoms with Gasteiger partial charge in [0.15, 0.2) is 5.70 Å². The second kappa shape index (κ2) is 10.2. The molecule has 0 radical (unpaired) electrons. The number of aliphatic imine (C=N–C) groups is 1. The summed E-state index contributed by atoms with van der Waals surface area (Å²) in [7, 11) is 2.74. The van der Waals surface area contributed by atoms with Gasteiger partial charge in [0.05, 0.1) is 5.54 Å². The predicted octanol–water partition coefficient (Wildman–Crippen LogP) is 0.680. The number of hydrogen-bond acceptors (Lipinski definition) is 9. The summed E-state index contributed by atoms with van der Waals surface area (Å²) in [6, 6.07) is 5.12. The van der Waals surface area contributed by atoms with Crippen molar-refractivity contribution in [1.82, 2.24) is 20.4 Å². The molecule has 3 rings (SSSR count). The molecular formula is C20H22FKN6O5. The van der Waals surface area contributed by atoms with Gasteiger partial charge in [-0.25, -0.2) is 9.38 Å². The van der Waals surface area contributed by atoms with Crippen LogP contribution in [0.1, 0.15) is 30.4 Å². The molecule has 0 saturated heterocycles. The van der Waals surface area contributed by atoms with Crippen molar-refractivity contribution in [1.29, 1.82) is 0 Å². The van der Waals surface area contributed by atoms with E-state index in [1.54, 1.807) is 13.8 Å². The number of halogens is 1. The fourth-order valence-corrected chi connectivity index (χ4v) is 3.02. The zero-order valence-electron chi connectivity index (χ0n) is 18.0. The average molecular weight is 485 g/mol. The molecule has 0 saturated carbocycles. The number of rotatable bonds is 5. The topological polar surface area (TPSA) is 141 Å². The van der Waals surface area contributed by atoms with Crippen LogP contribution in [0.2, 0.25) is 0 Å². The molecule has 0 unspecified atom stereocenters. The summed E-state index contributed by atoms with van der Waals surface area (Å²) in [5, 5.41) is 20.5. The van der Waals surface area contributed by atoms with Gasteiger partial charge in [-0.2, -0.15) is 0 Å². The monoisotopic (exact) mass is 484 g/mol. The Balaban J connectivity index is 0.00000385. The summed E-state index contributed by atoms with van der Waals surface area (Å²) >= 11 is 0. The van der Waals surface area contributed by atoms with Crippen LogP contribution < -0.4 is 10.2 Å². The summed E-state index contributed by atoms with van der Waals surface area (Å²) in [6.07, 6.45) is 0.